The van der Waals surface area contributed by atoms with Crippen LogP contribution in [0.15, 0.2) is 24.3 Å². The van der Waals surface area contributed by atoms with Crippen LogP contribution in [0, 0.1) is 5.92 Å². The molecule has 3 rings (SSSR count). The lowest BCUT2D eigenvalue weighted by atomic mass is 9.95. The summed E-state index contributed by atoms with van der Waals surface area (Å²) in [5, 5.41) is 11.4. The molecule has 1 aromatic carbocycles. The van der Waals surface area contributed by atoms with Gasteiger partial charge in [-0.15, -0.1) is 0 Å². The van der Waals surface area contributed by atoms with Gasteiger partial charge in [-0.1, -0.05) is 6.07 Å². The molecule has 1 unspecified atom stereocenters. The van der Waals surface area contributed by atoms with Crippen molar-refractivity contribution in [2.75, 3.05) is 26.3 Å². The molecule has 0 bridgehead atoms. The second-order valence-corrected chi connectivity index (χ2v) is 6.90. The number of rotatable bonds is 5. The fraction of sp³-hybridized carbons (Fsp3) is 0.450. The summed E-state index contributed by atoms with van der Waals surface area (Å²) in [7, 11) is 0. The Kier molecular flexibility index (Phi) is 6.18. The zero-order chi connectivity index (χ0) is 20.1. The molecule has 8 nitrogen and oxygen atoms in total. The number of aliphatic carboxylic acids is 1. The third kappa shape index (κ3) is 4.82. The first-order valence-electron chi connectivity index (χ1n) is 9.34. The topological polar surface area (TPSA) is 105 Å². The first-order chi connectivity index (χ1) is 13.4. The molecule has 0 aliphatic carbocycles. The van der Waals surface area contributed by atoms with E-state index in [-0.39, 0.29) is 17.7 Å². The van der Waals surface area contributed by atoms with Crippen LogP contribution in [0.2, 0.25) is 0 Å². The third-order valence-corrected chi connectivity index (χ3v) is 4.89. The van der Waals surface area contributed by atoms with Crippen LogP contribution in [0.1, 0.15) is 25.3 Å². The fourth-order valence-electron chi connectivity index (χ4n) is 3.19. The number of hydrogen-bond donors (Lipinski definition) is 2. The molecule has 0 radical (unpaired) electrons. The highest BCUT2D eigenvalue weighted by atomic mass is 16.6. The average molecular weight is 388 g/mol. The van der Waals surface area contributed by atoms with Gasteiger partial charge >= 0.3 is 5.97 Å². The van der Waals surface area contributed by atoms with Gasteiger partial charge < -0.3 is 24.8 Å². The minimum atomic E-state index is -1.06. The van der Waals surface area contributed by atoms with Gasteiger partial charge in [0, 0.05) is 25.1 Å². The SMILES string of the molecule is CC(NC(=O)C1CCN(C(=O)C=Cc2ccc3c(c2)OCCO3)CC1)C(=O)O. The lowest BCUT2D eigenvalue weighted by Crippen LogP contribution is -2.46. The van der Waals surface area contributed by atoms with Gasteiger partial charge in [0.2, 0.25) is 11.8 Å². The van der Waals surface area contributed by atoms with E-state index in [9.17, 15) is 14.4 Å². The maximum atomic E-state index is 12.4. The van der Waals surface area contributed by atoms with Crippen molar-refractivity contribution >= 4 is 23.9 Å². The molecule has 1 atom stereocenters. The number of benzene rings is 1. The lowest BCUT2D eigenvalue weighted by Gasteiger charge is -2.31. The summed E-state index contributed by atoms with van der Waals surface area (Å²) in [6.07, 6.45) is 4.27. The van der Waals surface area contributed by atoms with Crippen molar-refractivity contribution in [2.24, 2.45) is 5.92 Å². The van der Waals surface area contributed by atoms with Crippen LogP contribution >= 0.6 is 0 Å². The molecule has 2 N–H and O–H groups in total. The standard InChI is InChI=1S/C20H24N2O6/c1-13(20(25)26)21-19(24)15-6-8-22(9-7-15)18(23)5-3-14-2-4-16-17(12-14)28-11-10-27-16/h2-5,12-13,15H,6-11H2,1H3,(H,21,24)(H,25,26). The highest BCUT2D eigenvalue weighted by molar-refractivity contribution is 5.92. The molecule has 0 aromatic heterocycles. The van der Waals surface area contributed by atoms with Gasteiger partial charge in [-0.2, -0.15) is 0 Å². The van der Waals surface area contributed by atoms with Crippen LogP contribution in [0.4, 0.5) is 0 Å². The molecule has 0 saturated carbocycles. The number of piperidine rings is 1. The van der Waals surface area contributed by atoms with Gasteiger partial charge in [-0.3, -0.25) is 14.4 Å². The number of likely N-dealkylation sites (tertiary alicyclic amines) is 1. The number of carbonyl (C=O) groups is 3. The van der Waals surface area contributed by atoms with Crippen molar-refractivity contribution in [1.82, 2.24) is 10.2 Å². The smallest absolute Gasteiger partial charge is 0.325 e. The Labute approximate surface area is 163 Å². The minimum absolute atomic E-state index is 0.118. The number of amides is 2. The number of carboxylic acid groups (broad SMARTS) is 1. The minimum Gasteiger partial charge on any atom is -0.486 e. The van der Waals surface area contributed by atoms with Crippen molar-refractivity contribution < 1.29 is 29.0 Å². The van der Waals surface area contributed by atoms with E-state index in [1.807, 2.05) is 18.2 Å². The molecule has 150 valence electrons. The lowest BCUT2D eigenvalue weighted by molar-refractivity contribution is -0.142. The Balaban J connectivity index is 1.50. The molecule has 1 saturated heterocycles. The number of hydrogen-bond acceptors (Lipinski definition) is 5. The van der Waals surface area contributed by atoms with Crippen LogP contribution in [-0.4, -0.2) is 60.1 Å². The summed E-state index contributed by atoms with van der Waals surface area (Å²) in [5.74, 6) is -0.352. The van der Waals surface area contributed by atoms with Crippen molar-refractivity contribution in [2.45, 2.75) is 25.8 Å². The van der Waals surface area contributed by atoms with Gasteiger partial charge in [-0.25, -0.2) is 0 Å². The summed E-state index contributed by atoms with van der Waals surface area (Å²) < 4.78 is 11.0. The average Bonchev–Trinajstić information content (AvgIpc) is 2.71. The highest BCUT2D eigenvalue weighted by Crippen LogP contribution is 2.31. The molecular weight excluding hydrogens is 364 g/mol. The first-order valence-corrected chi connectivity index (χ1v) is 9.34. The second-order valence-electron chi connectivity index (χ2n) is 6.90. The summed E-state index contributed by atoms with van der Waals surface area (Å²) in [6.45, 7) is 3.39. The zero-order valence-corrected chi connectivity index (χ0v) is 15.7. The summed E-state index contributed by atoms with van der Waals surface area (Å²) in [6, 6.07) is 4.60. The summed E-state index contributed by atoms with van der Waals surface area (Å²) in [4.78, 5) is 37.0. The number of carbonyl (C=O) groups excluding carboxylic acids is 2. The molecular formula is C20H24N2O6. The fourth-order valence-corrected chi connectivity index (χ4v) is 3.19. The van der Waals surface area contributed by atoms with Gasteiger partial charge in [0.05, 0.1) is 0 Å². The van der Waals surface area contributed by atoms with E-state index in [2.05, 4.69) is 5.32 Å². The Hall–Kier alpha value is -3.03. The van der Waals surface area contributed by atoms with Gasteiger partial charge in [0.25, 0.3) is 0 Å². The van der Waals surface area contributed by atoms with E-state index in [1.54, 1.807) is 11.0 Å². The van der Waals surface area contributed by atoms with Crippen molar-refractivity contribution in [3.05, 3.63) is 29.8 Å². The molecule has 2 amide bonds. The number of nitrogens with zero attached hydrogens (tertiary/aromatic N) is 1. The molecule has 1 aromatic rings. The van der Waals surface area contributed by atoms with Crippen LogP contribution in [0.25, 0.3) is 6.08 Å². The van der Waals surface area contributed by atoms with E-state index in [4.69, 9.17) is 14.6 Å². The Morgan fingerprint density at radius 1 is 1.18 bits per heavy atom. The predicted octanol–water partition coefficient (Wildman–Crippen LogP) is 1.30. The van der Waals surface area contributed by atoms with Gasteiger partial charge in [0.1, 0.15) is 19.3 Å². The molecule has 0 spiro atoms. The number of carboxylic acids is 1. The second kappa shape index (κ2) is 8.77. The van der Waals surface area contributed by atoms with Crippen LogP contribution in [0.3, 0.4) is 0 Å². The van der Waals surface area contributed by atoms with Crippen LogP contribution < -0.4 is 14.8 Å². The van der Waals surface area contributed by atoms with Crippen molar-refractivity contribution in [1.29, 1.82) is 0 Å². The van der Waals surface area contributed by atoms with E-state index < -0.39 is 12.0 Å². The monoisotopic (exact) mass is 388 g/mol. The quantitative estimate of drug-likeness (QED) is 0.737. The summed E-state index contributed by atoms with van der Waals surface area (Å²) in [5.41, 5.74) is 0.842. The number of ether oxygens (including phenoxy) is 2. The predicted molar refractivity (Wildman–Crippen MR) is 101 cm³/mol. The number of nitrogens with one attached hydrogen (secondary N) is 1. The normalized spacial score (nSPS) is 18.0. The Bertz CT molecular complexity index is 783. The molecule has 28 heavy (non-hydrogen) atoms. The maximum Gasteiger partial charge on any atom is 0.325 e. The number of fused-ring (bicyclic) bond motifs is 1. The van der Waals surface area contributed by atoms with E-state index in [1.165, 1.54) is 13.0 Å². The van der Waals surface area contributed by atoms with Gasteiger partial charge in [-0.05, 0) is 43.5 Å². The van der Waals surface area contributed by atoms with E-state index in [0.29, 0.717) is 50.6 Å². The molecule has 2 aliphatic rings. The molecule has 2 heterocycles. The molecule has 2 aliphatic heterocycles. The summed E-state index contributed by atoms with van der Waals surface area (Å²) >= 11 is 0. The largest absolute Gasteiger partial charge is 0.486 e. The Morgan fingerprint density at radius 3 is 2.54 bits per heavy atom. The first kappa shape index (κ1) is 19.7. The Morgan fingerprint density at radius 2 is 1.86 bits per heavy atom. The third-order valence-electron chi connectivity index (χ3n) is 4.89. The molecule has 1 fully saturated rings. The van der Waals surface area contributed by atoms with Crippen LogP contribution in [0.5, 0.6) is 11.5 Å². The maximum absolute atomic E-state index is 12.4. The van der Waals surface area contributed by atoms with Crippen molar-refractivity contribution in [3.63, 3.8) is 0 Å². The zero-order valence-electron chi connectivity index (χ0n) is 15.7. The van der Waals surface area contributed by atoms with Crippen LogP contribution in [-0.2, 0) is 14.4 Å². The highest BCUT2D eigenvalue weighted by Gasteiger charge is 2.28. The van der Waals surface area contributed by atoms with Crippen molar-refractivity contribution in [3.8, 4) is 11.5 Å². The van der Waals surface area contributed by atoms with E-state index >= 15 is 0 Å². The van der Waals surface area contributed by atoms with E-state index in [0.717, 1.165) is 5.56 Å². The van der Waals surface area contributed by atoms with Gasteiger partial charge in [0.15, 0.2) is 11.5 Å². The molecule has 8 heteroatoms.